The second-order valence-electron chi connectivity index (χ2n) is 4.67. The van der Waals surface area contributed by atoms with Crippen molar-refractivity contribution in [3.05, 3.63) is 91.0 Å². The smallest absolute Gasteiger partial charge is 0.0625 e. The lowest BCUT2D eigenvalue weighted by Crippen LogP contribution is -2.51. The van der Waals surface area contributed by atoms with Crippen LogP contribution in [-0.2, 0) is 0 Å². The molecule has 0 atom stereocenters. The standard InChI is InChI=1S/C18H16Si.Al.3H/c1-4-10-16(11-5-1)19(17-12-6-2-7-13-17)18-14-8-3-9-15-18;;;;/h1-15,19H;;;;. The lowest BCUT2D eigenvalue weighted by Gasteiger charge is -2.16. The average Bonchev–Trinajstić information content (AvgIpc) is 2.51. The zero-order valence-electron chi connectivity index (χ0n) is 10.7. The summed E-state index contributed by atoms with van der Waals surface area (Å²) in [7, 11) is -1.31. The van der Waals surface area contributed by atoms with E-state index in [1.165, 1.54) is 15.6 Å². The maximum Gasteiger partial charge on any atom is 0.187 e. The van der Waals surface area contributed by atoms with Crippen molar-refractivity contribution in [2.75, 3.05) is 0 Å². The first-order valence-corrected chi connectivity index (χ1v) is 8.33. The topological polar surface area (TPSA) is 0 Å². The van der Waals surface area contributed by atoms with E-state index in [0.717, 1.165) is 0 Å². The van der Waals surface area contributed by atoms with Gasteiger partial charge in [0.1, 0.15) is 8.80 Å². The second kappa shape index (κ2) is 7.26. The zero-order valence-corrected chi connectivity index (χ0v) is 11.9. The van der Waals surface area contributed by atoms with E-state index in [-0.39, 0.29) is 17.4 Å². The Balaban J connectivity index is 0.00000147. The summed E-state index contributed by atoms with van der Waals surface area (Å²) in [5.41, 5.74) is 0. The Kier molecular flexibility index (Phi) is 5.38. The lowest BCUT2D eigenvalue weighted by atomic mass is 10.3. The Labute approximate surface area is 132 Å². The van der Waals surface area contributed by atoms with E-state index in [2.05, 4.69) is 91.0 Å². The van der Waals surface area contributed by atoms with Gasteiger partial charge in [-0.25, -0.2) is 0 Å². The van der Waals surface area contributed by atoms with Gasteiger partial charge in [0.05, 0.1) is 0 Å². The Morgan fingerprint density at radius 2 is 0.650 bits per heavy atom. The van der Waals surface area contributed by atoms with Crippen molar-refractivity contribution in [3.8, 4) is 0 Å². The molecule has 98 valence electrons. The first-order chi connectivity index (χ1) is 9.45. The molecule has 0 amide bonds. The number of benzene rings is 3. The molecule has 0 nitrogen and oxygen atoms in total. The van der Waals surface area contributed by atoms with Crippen LogP contribution in [-0.4, -0.2) is 26.2 Å². The molecule has 0 spiro atoms. The van der Waals surface area contributed by atoms with Crippen LogP contribution in [0.1, 0.15) is 0 Å². The third-order valence-electron chi connectivity index (χ3n) is 3.40. The summed E-state index contributed by atoms with van der Waals surface area (Å²) in [6.07, 6.45) is 0. The van der Waals surface area contributed by atoms with Crippen molar-refractivity contribution >= 4 is 41.7 Å². The molecule has 0 unspecified atom stereocenters. The van der Waals surface area contributed by atoms with E-state index in [9.17, 15) is 0 Å². The Morgan fingerprint density at radius 3 is 0.900 bits per heavy atom. The highest BCUT2D eigenvalue weighted by Crippen LogP contribution is 1.95. The van der Waals surface area contributed by atoms with E-state index >= 15 is 0 Å². The van der Waals surface area contributed by atoms with Gasteiger partial charge in [-0.1, -0.05) is 107 Å². The minimum atomic E-state index is -1.31. The summed E-state index contributed by atoms with van der Waals surface area (Å²) in [6, 6.07) is 32.7. The van der Waals surface area contributed by atoms with Gasteiger partial charge in [0.15, 0.2) is 17.4 Å². The van der Waals surface area contributed by atoms with Crippen molar-refractivity contribution in [1.29, 1.82) is 0 Å². The van der Waals surface area contributed by atoms with Crippen LogP contribution < -0.4 is 15.6 Å². The van der Waals surface area contributed by atoms with Gasteiger partial charge in [0.2, 0.25) is 0 Å². The molecule has 3 aromatic carbocycles. The molecule has 0 fully saturated rings. The van der Waals surface area contributed by atoms with E-state index < -0.39 is 8.80 Å². The molecule has 0 aliphatic carbocycles. The largest absolute Gasteiger partial charge is 0.187 e. The Morgan fingerprint density at radius 1 is 0.400 bits per heavy atom. The third-order valence-corrected chi connectivity index (χ3v) is 6.55. The molecule has 0 bridgehead atoms. The first kappa shape index (κ1) is 14.8. The number of hydrogen-bond donors (Lipinski definition) is 0. The van der Waals surface area contributed by atoms with Crippen LogP contribution in [0, 0.1) is 0 Å². The molecular formula is C18H19AlSi. The van der Waals surface area contributed by atoms with Gasteiger partial charge < -0.3 is 0 Å². The van der Waals surface area contributed by atoms with Crippen molar-refractivity contribution in [1.82, 2.24) is 0 Å². The van der Waals surface area contributed by atoms with Crippen LogP contribution in [0.25, 0.3) is 0 Å². The molecule has 0 heterocycles. The van der Waals surface area contributed by atoms with Crippen LogP contribution in [0.5, 0.6) is 0 Å². The summed E-state index contributed by atoms with van der Waals surface area (Å²) in [5.74, 6) is 0. The maximum atomic E-state index is 2.26. The minimum absolute atomic E-state index is 0. The minimum Gasteiger partial charge on any atom is -0.0625 e. The Hall–Kier alpha value is -1.59. The highest BCUT2D eigenvalue weighted by Gasteiger charge is 2.17. The molecule has 0 aromatic heterocycles. The third kappa shape index (κ3) is 3.29. The monoisotopic (exact) mass is 290 g/mol. The van der Waals surface area contributed by atoms with E-state index in [0.29, 0.717) is 0 Å². The van der Waals surface area contributed by atoms with E-state index in [4.69, 9.17) is 0 Å². The predicted molar refractivity (Wildman–Crippen MR) is 95.3 cm³/mol. The van der Waals surface area contributed by atoms with Crippen LogP contribution in [0.3, 0.4) is 0 Å². The zero-order chi connectivity index (χ0) is 12.9. The van der Waals surface area contributed by atoms with Gasteiger partial charge >= 0.3 is 0 Å². The van der Waals surface area contributed by atoms with Gasteiger partial charge in [0.25, 0.3) is 0 Å². The SMILES string of the molecule is [AlH3].c1ccc([SiH](c2ccccc2)c2ccccc2)cc1. The summed E-state index contributed by atoms with van der Waals surface area (Å²) < 4.78 is 0. The molecule has 0 aliphatic rings. The van der Waals surface area contributed by atoms with Crippen LogP contribution >= 0.6 is 0 Å². The molecule has 3 aromatic rings. The maximum absolute atomic E-state index is 2.26. The lowest BCUT2D eigenvalue weighted by molar-refractivity contribution is 1.71. The fourth-order valence-electron chi connectivity index (χ4n) is 2.51. The first-order valence-electron chi connectivity index (χ1n) is 6.60. The Bertz CT molecular complexity index is 529. The highest BCUT2D eigenvalue weighted by atomic mass is 28.3. The van der Waals surface area contributed by atoms with Gasteiger partial charge in [-0.05, 0) is 0 Å². The molecule has 0 radical (unpaired) electrons. The number of rotatable bonds is 3. The van der Waals surface area contributed by atoms with Gasteiger partial charge in [-0.15, -0.1) is 0 Å². The van der Waals surface area contributed by atoms with Crippen molar-refractivity contribution in [2.24, 2.45) is 0 Å². The molecule has 0 N–H and O–H groups in total. The fraction of sp³-hybridized carbons (Fsp3) is 0. The van der Waals surface area contributed by atoms with E-state index in [1.807, 2.05) is 0 Å². The van der Waals surface area contributed by atoms with Crippen molar-refractivity contribution < 1.29 is 0 Å². The molecule has 0 saturated carbocycles. The summed E-state index contributed by atoms with van der Waals surface area (Å²) in [6.45, 7) is 0. The molecule has 20 heavy (non-hydrogen) atoms. The van der Waals surface area contributed by atoms with Gasteiger partial charge in [0, 0.05) is 0 Å². The average molecular weight is 290 g/mol. The predicted octanol–water partition coefficient (Wildman–Crippen LogP) is 0.751. The summed E-state index contributed by atoms with van der Waals surface area (Å²) in [5, 5.41) is 4.42. The van der Waals surface area contributed by atoms with Crippen molar-refractivity contribution in [2.45, 2.75) is 0 Å². The normalized spacial score (nSPS) is 10.1. The molecule has 3 rings (SSSR count). The van der Waals surface area contributed by atoms with E-state index in [1.54, 1.807) is 0 Å². The molecule has 0 saturated heterocycles. The molecular weight excluding hydrogens is 271 g/mol. The van der Waals surface area contributed by atoms with Gasteiger partial charge in [-0.3, -0.25) is 0 Å². The van der Waals surface area contributed by atoms with Crippen LogP contribution in [0.2, 0.25) is 0 Å². The fourth-order valence-corrected chi connectivity index (χ4v) is 5.49. The molecule has 0 aliphatic heterocycles. The second-order valence-corrected chi connectivity index (χ2v) is 7.53. The highest BCUT2D eigenvalue weighted by molar-refractivity contribution is 6.95. The van der Waals surface area contributed by atoms with Gasteiger partial charge in [-0.2, -0.15) is 0 Å². The summed E-state index contributed by atoms with van der Waals surface area (Å²) in [4.78, 5) is 0. The number of hydrogen-bond acceptors (Lipinski definition) is 0. The van der Waals surface area contributed by atoms with Crippen LogP contribution in [0.4, 0.5) is 0 Å². The molecule has 2 heteroatoms. The van der Waals surface area contributed by atoms with Crippen molar-refractivity contribution in [3.63, 3.8) is 0 Å². The van der Waals surface area contributed by atoms with Crippen LogP contribution in [0.15, 0.2) is 91.0 Å². The quantitative estimate of drug-likeness (QED) is 0.493. The summed E-state index contributed by atoms with van der Waals surface area (Å²) >= 11 is 0.